The van der Waals surface area contributed by atoms with E-state index in [2.05, 4.69) is 5.32 Å². The van der Waals surface area contributed by atoms with E-state index in [0.717, 1.165) is 11.1 Å². The first-order valence-electron chi connectivity index (χ1n) is 11.7. The highest BCUT2D eigenvalue weighted by Crippen LogP contribution is 2.36. The fourth-order valence-corrected chi connectivity index (χ4v) is 4.27. The van der Waals surface area contributed by atoms with Gasteiger partial charge in [0.15, 0.2) is 18.7 Å². The molecule has 4 rings (SSSR count). The number of carboxylic acids is 1. The number of carbonyl (C=O) groups is 2. The fourth-order valence-electron chi connectivity index (χ4n) is 4.27. The Bertz CT molecular complexity index is 972. The van der Waals surface area contributed by atoms with E-state index < -0.39 is 49.0 Å². The molecule has 2 aliphatic heterocycles. The summed E-state index contributed by atoms with van der Waals surface area (Å²) in [5.41, 5.74) is 1.91. The number of ether oxygens (including phenoxy) is 5. The molecule has 0 aromatic heterocycles. The van der Waals surface area contributed by atoms with E-state index >= 15 is 0 Å². The number of fused-ring (bicyclic) bond motifs is 1. The van der Waals surface area contributed by atoms with Crippen molar-refractivity contribution in [2.45, 2.75) is 63.3 Å². The number of nitrogens with one attached hydrogen (secondary N) is 1. The molecule has 9 nitrogen and oxygen atoms in total. The average Bonchev–Trinajstić information content (AvgIpc) is 2.86. The second-order valence-corrected chi connectivity index (χ2v) is 8.63. The summed E-state index contributed by atoms with van der Waals surface area (Å²) in [6.45, 7) is 3.34. The van der Waals surface area contributed by atoms with Gasteiger partial charge in [-0.25, -0.2) is 4.79 Å². The van der Waals surface area contributed by atoms with Crippen molar-refractivity contribution < 1.29 is 38.4 Å². The third-order valence-electron chi connectivity index (χ3n) is 6.01. The number of amides is 1. The van der Waals surface area contributed by atoms with Gasteiger partial charge in [-0.15, -0.1) is 0 Å². The van der Waals surface area contributed by atoms with Gasteiger partial charge in [-0.3, -0.25) is 4.79 Å². The lowest BCUT2D eigenvalue weighted by Crippen LogP contribution is -2.68. The zero-order valence-corrected chi connectivity index (χ0v) is 19.7. The Labute approximate surface area is 204 Å². The summed E-state index contributed by atoms with van der Waals surface area (Å²) in [4.78, 5) is 23.7. The maximum atomic E-state index is 12.1. The summed E-state index contributed by atoms with van der Waals surface area (Å²) in [6.07, 6.45) is -4.17. The second kappa shape index (κ2) is 11.7. The molecule has 2 aromatic rings. The summed E-state index contributed by atoms with van der Waals surface area (Å²) < 4.78 is 30.3. The minimum Gasteiger partial charge on any atom is -0.479 e. The molecule has 0 bridgehead atoms. The van der Waals surface area contributed by atoms with E-state index in [-0.39, 0.29) is 12.5 Å². The summed E-state index contributed by atoms with van der Waals surface area (Å²) in [7, 11) is 0. The van der Waals surface area contributed by atoms with E-state index in [4.69, 9.17) is 23.7 Å². The molecule has 1 amide bonds. The van der Waals surface area contributed by atoms with Crippen LogP contribution in [0.25, 0.3) is 0 Å². The highest BCUT2D eigenvalue weighted by Gasteiger charge is 2.52. The second-order valence-electron chi connectivity index (χ2n) is 8.63. The van der Waals surface area contributed by atoms with E-state index in [1.807, 2.05) is 60.7 Å². The summed E-state index contributed by atoms with van der Waals surface area (Å²) in [5, 5.41) is 12.3. The minimum atomic E-state index is -1.14. The molecule has 2 saturated heterocycles. The molecule has 0 radical (unpaired) electrons. The quantitative estimate of drug-likeness (QED) is 0.557. The topological polar surface area (TPSA) is 113 Å². The molecule has 35 heavy (non-hydrogen) atoms. The highest BCUT2D eigenvalue weighted by atomic mass is 16.8. The Balaban J connectivity index is 1.55. The van der Waals surface area contributed by atoms with Gasteiger partial charge in [-0.1, -0.05) is 60.7 Å². The van der Waals surface area contributed by atoms with Crippen molar-refractivity contribution >= 4 is 11.9 Å². The SMILES string of the molecule is CC(=O)N[C@@H]1[C@H](OCCc2ccccc2)O[C@H]2CO[C@@H](c3ccccc3)O[C@@H]2[C@H]1O[C@H](C)C(=O)O. The molecule has 2 N–H and O–H groups in total. The molecule has 2 aliphatic rings. The van der Waals surface area contributed by atoms with Crippen LogP contribution in [0.5, 0.6) is 0 Å². The summed E-state index contributed by atoms with van der Waals surface area (Å²) >= 11 is 0. The molecule has 2 fully saturated rings. The Hall–Kier alpha value is -2.82. The number of hydrogen-bond donors (Lipinski definition) is 2. The van der Waals surface area contributed by atoms with Crippen LogP contribution >= 0.6 is 0 Å². The van der Waals surface area contributed by atoms with Crippen LogP contribution in [0.4, 0.5) is 0 Å². The van der Waals surface area contributed by atoms with Crippen LogP contribution in [0.1, 0.15) is 31.3 Å². The lowest BCUT2D eigenvalue weighted by molar-refractivity contribution is -0.350. The molecule has 0 spiro atoms. The number of carbonyl (C=O) groups excluding carboxylic acids is 1. The van der Waals surface area contributed by atoms with Crippen LogP contribution < -0.4 is 5.32 Å². The van der Waals surface area contributed by atoms with Crippen LogP contribution in [-0.4, -0.2) is 66.9 Å². The van der Waals surface area contributed by atoms with Crippen molar-refractivity contribution in [3.05, 3.63) is 71.8 Å². The Morgan fingerprint density at radius 1 is 1.09 bits per heavy atom. The lowest BCUT2D eigenvalue weighted by Gasteiger charge is -2.49. The van der Waals surface area contributed by atoms with E-state index in [1.165, 1.54) is 13.8 Å². The first-order chi connectivity index (χ1) is 16.9. The van der Waals surface area contributed by atoms with Crippen molar-refractivity contribution in [2.24, 2.45) is 0 Å². The van der Waals surface area contributed by atoms with E-state index in [9.17, 15) is 14.7 Å². The van der Waals surface area contributed by atoms with Crippen molar-refractivity contribution in [1.82, 2.24) is 5.32 Å². The first-order valence-corrected chi connectivity index (χ1v) is 11.7. The summed E-state index contributed by atoms with van der Waals surface area (Å²) in [5.74, 6) is -1.44. The molecule has 9 heteroatoms. The van der Waals surface area contributed by atoms with Crippen LogP contribution in [0.3, 0.4) is 0 Å². The minimum absolute atomic E-state index is 0.191. The maximum absolute atomic E-state index is 12.1. The van der Waals surface area contributed by atoms with Gasteiger partial charge in [0.25, 0.3) is 0 Å². The van der Waals surface area contributed by atoms with Gasteiger partial charge < -0.3 is 34.1 Å². The molecule has 2 heterocycles. The van der Waals surface area contributed by atoms with E-state index in [1.54, 1.807) is 0 Å². The van der Waals surface area contributed by atoms with Gasteiger partial charge in [-0.2, -0.15) is 0 Å². The highest BCUT2D eigenvalue weighted by molar-refractivity contribution is 5.73. The van der Waals surface area contributed by atoms with Crippen LogP contribution in [0.15, 0.2) is 60.7 Å². The Morgan fingerprint density at radius 2 is 1.77 bits per heavy atom. The third kappa shape index (κ3) is 6.45. The first kappa shape index (κ1) is 25.3. The van der Waals surface area contributed by atoms with Crippen molar-refractivity contribution in [3.63, 3.8) is 0 Å². The predicted molar refractivity (Wildman–Crippen MR) is 124 cm³/mol. The molecule has 188 valence electrons. The monoisotopic (exact) mass is 485 g/mol. The smallest absolute Gasteiger partial charge is 0.332 e. The molecule has 0 saturated carbocycles. The van der Waals surface area contributed by atoms with Crippen LogP contribution in [-0.2, 0) is 39.7 Å². The molecule has 7 atom stereocenters. The largest absolute Gasteiger partial charge is 0.479 e. The number of hydrogen-bond acceptors (Lipinski definition) is 7. The fraction of sp³-hybridized carbons (Fsp3) is 0.462. The molecular weight excluding hydrogens is 454 g/mol. The molecule has 0 unspecified atom stereocenters. The van der Waals surface area contributed by atoms with Crippen molar-refractivity contribution in [2.75, 3.05) is 13.2 Å². The molecule has 2 aromatic carbocycles. The van der Waals surface area contributed by atoms with E-state index in [0.29, 0.717) is 13.0 Å². The summed E-state index contributed by atoms with van der Waals surface area (Å²) in [6, 6.07) is 18.5. The molecule has 0 aliphatic carbocycles. The zero-order chi connectivity index (χ0) is 24.8. The van der Waals surface area contributed by atoms with Gasteiger partial charge in [0, 0.05) is 12.5 Å². The average molecular weight is 486 g/mol. The molecular formula is C26H31NO8. The van der Waals surface area contributed by atoms with Crippen molar-refractivity contribution in [3.8, 4) is 0 Å². The van der Waals surface area contributed by atoms with Gasteiger partial charge >= 0.3 is 5.97 Å². The zero-order valence-electron chi connectivity index (χ0n) is 19.7. The normalized spacial score (nSPS) is 29.1. The van der Waals surface area contributed by atoms with Crippen LogP contribution in [0, 0.1) is 0 Å². The third-order valence-corrected chi connectivity index (χ3v) is 6.01. The van der Waals surface area contributed by atoms with Gasteiger partial charge in [0.1, 0.15) is 24.4 Å². The van der Waals surface area contributed by atoms with Gasteiger partial charge in [0.2, 0.25) is 5.91 Å². The lowest BCUT2D eigenvalue weighted by atomic mass is 9.95. The Kier molecular flexibility index (Phi) is 8.48. The Morgan fingerprint density at radius 3 is 2.43 bits per heavy atom. The number of aliphatic carboxylic acids is 1. The van der Waals surface area contributed by atoms with Gasteiger partial charge in [0.05, 0.1) is 13.2 Å². The maximum Gasteiger partial charge on any atom is 0.332 e. The number of benzene rings is 2. The van der Waals surface area contributed by atoms with Crippen LogP contribution in [0.2, 0.25) is 0 Å². The van der Waals surface area contributed by atoms with Gasteiger partial charge in [-0.05, 0) is 18.9 Å². The predicted octanol–water partition coefficient (Wildman–Crippen LogP) is 2.45. The number of rotatable bonds is 9. The number of carboxylic acid groups (broad SMARTS) is 1. The van der Waals surface area contributed by atoms with Crippen molar-refractivity contribution in [1.29, 1.82) is 0 Å². The standard InChI is InChI=1S/C26H31NO8/c1-16(24(29)30)33-23-21(27-17(2)28)26(31-14-13-18-9-5-3-6-10-18)34-20-15-32-25(35-22(20)23)19-11-7-4-8-12-19/h3-12,16,20-23,25-26H,13-15H2,1-2H3,(H,27,28)(H,29,30)/t16-,20+,21+,22+,23+,25-,26-/m1/s1.